The zero-order chi connectivity index (χ0) is 9.59. The molecule has 0 aromatic carbocycles. The molecule has 0 bridgehead atoms. The summed E-state index contributed by atoms with van der Waals surface area (Å²) < 4.78 is 0. The average Bonchev–Trinajstić information content (AvgIpc) is 2.32. The topological polar surface area (TPSA) is 90.5 Å². The molecule has 5 amide bonds. The van der Waals surface area contributed by atoms with Crippen LogP contribution in [0.5, 0.6) is 0 Å². The molecule has 0 spiro atoms. The Morgan fingerprint density at radius 2 is 1.92 bits per heavy atom. The van der Waals surface area contributed by atoms with Gasteiger partial charge in [0.2, 0.25) is 0 Å². The minimum absolute atomic E-state index is 0.368. The number of hydrogen-bond acceptors (Lipinski definition) is 3. The molecule has 2 atom stereocenters. The lowest BCUT2D eigenvalue weighted by Crippen LogP contribution is -2.64. The van der Waals surface area contributed by atoms with Gasteiger partial charge in [-0.25, -0.2) is 9.59 Å². The van der Waals surface area contributed by atoms with E-state index in [1.165, 1.54) is 11.9 Å². The lowest BCUT2D eigenvalue weighted by atomic mass is 10.2. The van der Waals surface area contributed by atoms with E-state index in [1.54, 1.807) is 0 Å². The number of fused-ring (bicyclic) bond motifs is 1. The zero-order valence-corrected chi connectivity index (χ0v) is 6.83. The van der Waals surface area contributed by atoms with Crippen molar-refractivity contribution < 1.29 is 14.4 Å². The van der Waals surface area contributed by atoms with Crippen molar-refractivity contribution in [3.63, 3.8) is 0 Å². The van der Waals surface area contributed by atoms with E-state index in [9.17, 15) is 14.4 Å². The first-order chi connectivity index (χ1) is 6.09. The molecular formula is C6H8N4O3. The quantitative estimate of drug-likeness (QED) is 0.414. The smallest absolute Gasteiger partial charge is 0.322 e. The molecule has 0 saturated carbocycles. The van der Waals surface area contributed by atoms with Crippen LogP contribution in [0.3, 0.4) is 0 Å². The number of hydrogen-bond donors (Lipinski definition) is 3. The molecule has 0 aliphatic carbocycles. The highest BCUT2D eigenvalue weighted by Crippen LogP contribution is 2.11. The molecule has 0 aromatic rings. The van der Waals surface area contributed by atoms with Crippen molar-refractivity contribution >= 4 is 18.0 Å². The molecule has 7 heteroatoms. The van der Waals surface area contributed by atoms with Gasteiger partial charge in [0.15, 0.2) is 0 Å². The normalized spacial score (nSPS) is 32.1. The number of nitrogens with one attached hydrogen (secondary N) is 3. The summed E-state index contributed by atoms with van der Waals surface area (Å²) in [6.07, 6.45) is -0.575. The minimum Gasteiger partial charge on any atom is -0.322 e. The number of amides is 5. The maximum atomic E-state index is 11.2. The second-order valence-corrected chi connectivity index (χ2v) is 2.95. The summed E-state index contributed by atoms with van der Waals surface area (Å²) in [6, 6.07) is -1.63. The minimum atomic E-state index is -0.685. The van der Waals surface area contributed by atoms with Crippen molar-refractivity contribution in [3.05, 3.63) is 0 Å². The van der Waals surface area contributed by atoms with E-state index in [0.717, 1.165) is 0 Å². The molecular weight excluding hydrogens is 176 g/mol. The molecule has 2 saturated heterocycles. The van der Waals surface area contributed by atoms with E-state index in [1.807, 2.05) is 0 Å². The third-order valence-electron chi connectivity index (χ3n) is 2.13. The van der Waals surface area contributed by atoms with Crippen LogP contribution in [0.4, 0.5) is 9.59 Å². The van der Waals surface area contributed by atoms with Gasteiger partial charge in [0.05, 0.1) is 0 Å². The van der Waals surface area contributed by atoms with Gasteiger partial charge in [0, 0.05) is 7.05 Å². The number of carbonyl (C=O) groups is 3. The van der Waals surface area contributed by atoms with Crippen LogP contribution in [0.2, 0.25) is 0 Å². The van der Waals surface area contributed by atoms with Crippen LogP contribution in [0.15, 0.2) is 0 Å². The van der Waals surface area contributed by atoms with Crippen LogP contribution in [0.25, 0.3) is 0 Å². The van der Waals surface area contributed by atoms with E-state index in [-0.39, 0.29) is 6.03 Å². The Hall–Kier alpha value is -1.79. The first-order valence-corrected chi connectivity index (χ1v) is 3.74. The highest BCUT2D eigenvalue weighted by molar-refractivity contribution is 6.03. The molecule has 0 aromatic heterocycles. The molecule has 2 fully saturated rings. The van der Waals surface area contributed by atoms with Gasteiger partial charge in [-0.2, -0.15) is 0 Å². The maximum absolute atomic E-state index is 11.2. The third kappa shape index (κ3) is 1.00. The molecule has 2 heterocycles. The lowest BCUT2D eigenvalue weighted by molar-refractivity contribution is -0.123. The van der Waals surface area contributed by atoms with Crippen LogP contribution in [0.1, 0.15) is 0 Å². The predicted molar refractivity (Wildman–Crippen MR) is 40.5 cm³/mol. The van der Waals surface area contributed by atoms with Gasteiger partial charge in [-0.15, -0.1) is 0 Å². The Morgan fingerprint density at radius 1 is 1.23 bits per heavy atom. The van der Waals surface area contributed by atoms with Crippen molar-refractivity contribution in [1.29, 1.82) is 0 Å². The van der Waals surface area contributed by atoms with E-state index in [2.05, 4.69) is 16.0 Å². The van der Waals surface area contributed by atoms with E-state index in [0.29, 0.717) is 0 Å². The number of rotatable bonds is 0. The molecule has 2 rings (SSSR count). The summed E-state index contributed by atoms with van der Waals surface area (Å²) in [5.74, 6) is -0.480. The molecule has 0 radical (unpaired) electrons. The lowest BCUT2D eigenvalue weighted by Gasteiger charge is -2.27. The highest BCUT2D eigenvalue weighted by Gasteiger charge is 2.45. The number of imide groups is 1. The Labute approximate surface area is 73.4 Å². The number of nitrogens with zero attached hydrogens (tertiary/aromatic N) is 1. The maximum Gasteiger partial charge on any atom is 0.323 e. The van der Waals surface area contributed by atoms with Gasteiger partial charge >= 0.3 is 12.1 Å². The van der Waals surface area contributed by atoms with Gasteiger partial charge < -0.3 is 15.5 Å². The van der Waals surface area contributed by atoms with Crippen molar-refractivity contribution in [1.82, 2.24) is 20.9 Å². The van der Waals surface area contributed by atoms with Crippen molar-refractivity contribution in [3.8, 4) is 0 Å². The fourth-order valence-electron chi connectivity index (χ4n) is 1.41. The second kappa shape index (κ2) is 2.35. The Kier molecular flexibility index (Phi) is 1.42. The van der Waals surface area contributed by atoms with Crippen molar-refractivity contribution in [2.45, 2.75) is 12.2 Å². The van der Waals surface area contributed by atoms with Crippen LogP contribution < -0.4 is 16.0 Å². The van der Waals surface area contributed by atoms with Crippen LogP contribution in [0, 0.1) is 0 Å². The summed E-state index contributed by atoms with van der Waals surface area (Å²) in [7, 11) is 1.51. The van der Waals surface area contributed by atoms with Crippen molar-refractivity contribution in [2.75, 3.05) is 7.05 Å². The Balaban J connectivity index is 2.26. The van der Waals surface area contributed by atoms with Crippen molar-refractivity contribution in [2.24, 2.45) is 0 Å². The van der Waals surface area contributed by atoms with Gasteiger partial charge in [-0.1, -0.05) is 0 Å². The monoisotopic (exact) mass is 184 g/mol. The fraction of sp³-hybridized carbons (Fsp3) is 0.500. The zero-order valence-electron chi connectivity index (χ0n) is 6.83. The van der Waals surface area contributed by atoms with Gasteiger partial charge in [0.25, 0.3) is 5.91 Å². The van der Waals surface area contributed by atoms with Gasteiger partial charge in [-0.05, 0) is 0 Å². The molecule has 13 heavy (non-hydrogen) atoms. The van der Waals surface area contributed by atoms with Crippen LogP contribution in [-0.4, -0.2) is 42.1 Å². The molecule has 3 N–H and O–H groups in total. The van der Waals surface area contributed by atoms with E-state index >= 15 is 0 Å². The molecule has 7 nitrogen and oxygen atoms in total. The van der Waals surface area contributed by atoms with Crippen LogP contribution in [-0.2, 0) is 4.79 Å². The highest BCUT2D eigenvalue weighted by atomic mass is 16.2. The standard InChI is InChI=1S/C6H8N4O3/c1-10-3-2(7-6(10)13)4(11)9-5(12)8-3/h2-3H,1H3,(H,7,13)(H2,8,9,11,12). The molecule has 2 aliphatic heterocycles. The summed E-state index contributed by atoms with van der Waals surface area (Å²) in [6.45, 7) is 0. The summed E-state index contributed by atoms with van der Waals surface area (Å²) in [5.41, 5.74) is 0. The summed E-state index contributed by atoms with van der Waals surface area (Å²) in [5, 5.41) is 6.96. The molecule has 2 unspecified atom stereocenters. The summed E-state index contributed by atoms with van der Waals surface area (Å²) >= 11 is 0. The Bertz CT molecular complexity index is 302. The molecule has 2 aliphatic rings. The SMILES string of the molecule is CN1C(=O)NC2C(=O)NC(=O)NC21. The van der Waals surface area contributed by atoms with E-state index in [4.69, 9.17) is 0 Å². The average molecular weight is 184 g/mol. The number of urea groups is 2. The second-order valence-electron chi connectivity index (χ2n) is 2.95. The predicted octanol–water partition coefficient (Wildman–Crippen LogP) is -1.82. The number of carbonyl (C=O) groups excluding carboxylic acids is 3. The summed E-state index contributed by atoms with van der Waals surface area (Å²) in [4.78, 5) is 34.4. The Morgan fingerprint density at radius 3 is 2.62 bits per heavy atom. The van der Waals surface area contributed by atoms with E-state index < -0.39 is 24.1 Å². The van der Waals surface area contributed by atoms with Gasteiger partial charge in [-0.3, -0.25) is 10.1 Å². The first-order valence-electron chi connectivity index (χ1n) is 3.74. The van der Waals surface area contributed by atoms with Gasteiger partial charge in [0.1, 0.15) is 12.2 Å². The fourth-order valence-corrected chi connectivity index (χ4v) is 1.41. The third-order valence-corrected chi connectivity index (χ3v) is 2.13. The number of likely N-dealkylation sites (N-methyl/N-ethyl adjacent to an activating group) is 1. The largest absolute Gasteiger partial charge is 0.323 e. The first kappa shape index (κ1) is 7.84. The van der Waals surface area contributed by atoms with Crippen LogP contribution >= 0.6 is 0 Å². The molecule has 70 valence electrons.